The van der Waals surface area contributed by atoms with Gasteiger partial charge in [-0.25, -0.2) is 0 Å². The number of rotatable bonds is 20. The number of hydrogen-bond donors (Lipinski definition) is 3. The summed E-state index contributed by atoms with van der Waals surface area (Å²) in [5.74, 6) is 4.13. The zero-order valence-electron chi connectivity index (χ0n) is 45.0. The van der Waals surface area contributed by atoms with Crippen LogP contribution in [0, 0.1) is 6.92 Å². The molecule has 1 atom stereocenters. The van der Waals surface area contributed by atoms with Crippen molar-refractivity contribution in [2.75, 3.05) is 11.1 Å². The van der Waals surface area contributed by atoms with E-state index in [1.165, 1.54) is 10.9 Å². The van der Waals surface area contributed by atoms with Crippen LogP contribution in [0.15, 0.2) is 267 Å². The molecule has 0 spiro atoms. The van der Waals surface area contributed by atoms with Gasteiger partial charge in [-0.1, -0.05) is 159 Å². The average molecular weight is 1070 g/mol. The minimum atomic E-state index is -0.364. The van der Waals surface area contributed by atoms with Crippen LogP contribution in [-0.4, -0.2) is 16.8 Å². The Kier molecular flexibility index (Phi) is 20.9. The molecule has 0 aliphatic carbocycles. The minimum Gasteiger partial charge on any atom is -0.489 e. The standard InChI is InChI=1S/C29H27NO3.C29H25NO2.C13H13NO.CH4/c1-22(30-26-14-18-28(19-15-26)33-21-24-10-6-3-7-11-24)29(31)25-12-16-27(17-13-25)32-20-23-8-4-2-5-9-23;1-21-27-18-26(32-20-23-10-6-3-7-11-23)16-17-28(27)30-29(21)24-12-14-25(15-13-24)31-19-22-8-4-2-5-9-22;14-12-6-8-13(9-7-12)15-10-11-4-2-1-3-5-11;/h2-19,22,30H,20-21H2,1H3;2-18,30H,19-20H2,1H3;1-9H,10,14H2;1H4. The van der Waals surface area contributed by atoms with E-state index >= 15 is 0 Å². The van der Waals surface area contributed by atoms with Crippen LogP contribution in [0.2, 0.25) is 0 Å². The third-order valence-corrected chi connectivity index (χ3v) is 13.1. The number of ketones is 1. The van der Waals surface area contributed by atoms with Crippen LogP contribution >= 0.6 is 0 Å². The van der Waals surface area contributed by atoms with Crippen LogP contribution in [0.5, 0.6) is 28.7 Å². The Labute approximate surface area is 476 Å². The third-order valence-electron chi connectivity index (χ3n) is 13.1. The van der Waals surface area contributed by atoms with E-state index in [1.807, 2.05) is 213 Å². The zero-order chi connectivity index (χ0) is 55.1. The number of nitrogens with one attached hydrogen (secondary N) is 2. The molecule has 11 rings (SSSR count). The van der Waals surface area contributed by atoms with Crippen LogP contribution < -0.4 is 34.7 Å². The number of aromatic amines is 1. The lowest BCUT2D eigenvalue weighted by molar-refractivity contribution is 0.0975. The summed E-state index contributed by atoms with van der Waals surface area (Å²) in [7, 11) is 0. The number of anilines is 2. The number of Topliss-reactive ketones (excluding diaryl/α,β-unsaturated/α-hetero) is 1. The largest absolute Gasteiger partial charge is 0.489 e. The van der Waals surface area contributed by atoms with Crippen molar-refractivity contribution in [1.82, 2.24) is 4.98 Å². The van der Waals surface area contributed by atoms with Gasteiger partial charge >= 0.3 is 0 Å². The van der Waals surface area contributed by atoms with Crippen molar-refractivity contribution in [3.63, 3.8) is 0 Å². The lowest BCUT2D eigenvalue weighted by atomic mass is 10.0. The molecule has 0 amide bonds. The normalized spacial score (nSPS) is 10.8. The summed E-state index contributed by atoms with van der Waals surface area (Å²) >= 11 is 0. The van der Waals surface area contributed by atoms with Crippen molar-refractivity contribution in [1.29, 1.82) is 0 Å². The van der Waals surface area contributed by atoms with E-state index in [1.54, 1.807) is 12.1 Å². The summed E-state index contributed by atoms with van der Waals surface area (Å²) in [6, 6.07) is 87.0. The molecule has 0 fully saturated rings. The van der Waals surface area contributed by atoms with Gasteiger partial charge in [-0.05, 0) is 168 Å². The number of hydrogen-bond acceptors (Lipinski definition) is 8. The van der Waals surface area contributed by atoms with Crippen molar-refractivity contribution in [2.24, 2.45) is 0 Å². The highest BCUT2D eigenvalue weighted by Gasteiger charge is 2.16. The Bertz CT molecular complexity index is 3580. The molecule has 10 aromatic carbocycles. The lowest BCUT2D eigenvalue weighted by Gasteiger charge is -2.15. The molecule has 0 aliphatic heterocycles. The number of H-pyrrole nitrogens is 1. The molecule has 1 aromatic heterocycles. The van der Waals surface area contributed by atoms with Crippen molar-refractivity contribution >= 4 is 28.1 Å². The molecule has 9 nitrogen and oxygen atoms in total. The number of benzene rings is 10. The van der Waals surface area contributed by atoms with E-state index in [9.17, 15) is 4.79 Å². The van der Waals surface area contributed by atoms with Gasteiger partial charge in [0.05, 0.1) is 6.04 Å². The van der Waals surface area contributed by atoms with Crippen LogP contribution in [-0.2, 0) is 33.0 Å². The Balaban J connectivity index is 0.000000169. The van der Waals surface area contributed by atoms with Crippen molar-refractivity contribution < 1.29 is 28.5 Å². The summed E-state index contributed by atoms with van der Waals surface area (Å²) < 4.78 is 29.2. The first-order valence-electron chi connectivity index (χ1n) is 26.7. The number of carbonyl (C=O) groups excluding carboxylic acids is 1. The number of carbonyl (C=O) groups is 1. The second-order valence-electron chi connectivity index (χ2n) is 19.1. The molecule has 1 unspecified atom stereocenters. The maximum Gasteiger partial charge on any atom is 0.184 e. The van der Waals surface area contributed by atoms with Gasteiger partial charge in [0.1, 0.15) is 61.8 Å². The highest BCUT2D eigenvalue weighted by Crippen LogP contribution is 2.33. The predicted octanol–water partition coefficient (Wildman–Crippen LogP) is 17.3. The topological polar surface area (TPSA) is 117 Å². The van der Waals surface area contributed by atoms with Crippen molar-refractivity contribution in [3.8, 4) is 40.0 Å². The molecule has 0 aliphatic rings. The Morgan fingerprint density at radius 1 is 0.432 bits per heavy atom. The summed E-state index contributed by atoms with van der Waals surface area (Å²) in [6.07, 6.45) is 0. The number of fused-ring (bicyclic) bond motifs is 1. The first-order chi connectivity index (χ1) is 39.3. The van der Waals surface area contributed by atoms with E-state index in [2.05, 4.69) is 65.8 Å². The maximum atomic E-state index is 12.8. The molecule has 0 saturated carbocycles. The van der Waals surface area contributed by atoms with Crippen LogP contribution in [0.3, 0.4) is 0 Å². The Hall–Kier alpha value is -9.99. The summed E-state index contributed by atoms with van der Waals surface area (Å²) in [5, 5.41) is 4.44. The van der Waals surface area contributed by atoms with Crippen LogP contribution in [0.1, 0.15) is 58.1 Å². The fourth-order valence-electron chi connectivity index (χ4n) is 8.60. The maximum absolute atomic E-state index is 12.8. The first kappa shape index (κ1) is 57.2. The monoisotopic (exact) mass is 1070 g/mol. The van der Waals surface area contributed by atoms with Gasteiger partial charge < -0.3 is 39.7 Å². The highest BCUT2D eigenvalue weighted by atomic mass is 16.5. The highest BCUT2D eigenvalue weighted by molar-refractivity contribution is 6.01. The van der Waals surface area contributed by atoms with Crippen molar-refractivity contribution in [3.05, 3.63) is 306 Å². The second kappa shape index (κ2) is 29.7. The number of nitrogens with two attached hydrogens (primary N) is 1. The molecule has 11 aromatic rings. The molecule has 0 radical (unpaired) electrons. The quantitative estimate of drug-likeness (QED) is 0.0510. The molecular formula is C72H69N3O6. The van der Waals surface area contributed by atoms with Gasteiger partial charge in [0.15, 0.2) is 5.78 Å². The predicted molar refractivity (Wildman–Crippen MR) is 330 cm³/mol. The molecular weight excluding hydrogens is 1000 g/mol. The van der Waals surface area contributed by atoms with Gasteiger partial charge in [0.2, 0.25) is 0 Å². The van der Waals surface area contributed by atoms with Crippen LogP contribution in [0.4, 0.5) is 11.4 Å². The molecule has 4 N–H and O–H groups in total. The number of aromatic nitrogens is 1. The van der Waals surface area contributed by atoms with Gasteiger partial charge in [-0.3, -0.25) is 4.79 Å². The molecule has 0 bridgehead atoms. The first-order valence-corrected chi connectivity index (χ1v) is 26.7. The molecule has 81 heavy (non-hydrogen) atoms. The number of ether oxygens (including phenoxy) is 5. The average Bonchev–Trinajstić information content (AvgIpc) is 3.93. The minimum absolute atomic E-state index is 0. The smallest absolute Gasteiger partial charge is 0.184 e. The molecule has 1 heterocycles. The number of aryl methyl sites for hydroxylation is 1. The molecule has 0 saturated heterocycles. The van der Waals surface area contributed by atoms with Gasteiger partial charge in [-0.15, -0.1) is 0 Å². The lowest BCUT2D eigenvalue weighted by Crippen LogP contribution is -2.26. The summed E-state index contributed by atoms with van der Waals surface area (Å²) in [5.41, 5.74) is 18.1. The van der Waals surface area contributed by atoms with E-state index in [0.717, 1.165) is 84.7 Å². The van der Waals surface area contributed by atoms with Gasteiger partial charge in [0.25, 0.3) is 0 Å². The fourth-order valence-corrected chi connectivity index (χ4v) is 8.60. The Morgan fingerprint density at radius 2 is 0.765 bits per heavy atom. The van der Waals surface area contributed by atoms with Gasteiger partial charge in [-0.2, -0.15) is 0 Å². The fraction of sp³-hybridized carbons (Fsp3) is 0.125. The third kappa shape index (κ3) is 17.5. The summed E-state index contributed by atoms with van der Waals surface area (Å²) in [6.45, 7) is 6.75. The SMILES string of the molecule is C.CC(Nc1ccc(OCc2ccccc2)cc1)C(=O)c1ccc(OCc2ccccc2)cc1.Cc1c(-c2ccc(OCc3ccccc3)cc2)[nH]c2ccc(OCc3ccccc3)cc12.Nc1ccc(OCc2ccccc2)cc1. The van der Waals surface area contributed by atoms with Crippen molar-refractivity contribution in [2.45, 2.75) is 60.4 Å². The van der Waals surface area contributed by atoms with E-state index in [4.69, 9.17) is 29.4 Å². The summed E-state index contributed by atoms with van der Waals surface area (Å²) in [4.78, 5) is 16.4. The van der Waals surface area contributed by atoms with E-state index in [-0.39, 0.29) is 19.3 Å². The molecule has 9 heteroatoms. The number of nitrogen functional groups attached to an aromatic ring is 1. The zero-order valence-corrected chi connectivity index (χ0v) is 45.0. The molecule has 408 valence electrons. The van der Waals surface area contributed by atoms with E-state index in [0.29, 0.717) is 38.6 Å². The Morgan fingerprint density at radius 3 is 1.16 bits per heavy atom. The van der Waals surface area contributed by atoms with Crippen LogP contribution in [0.25, 0.3) is 22.2 Å². The van der Waals surface area contributed by atoms with E-state index < -0.39 is 0 Å². The second-order valence-corrected chi connectivity index (χ2v) is 19.1. The van der Waals surface area contributed by atoms with Gasteiger partial charge in [0, 0.05) is 33.5 Å².